The molecule has 0 radical (unpaired) electrons. The number of rotatable bonds is 3. The third-order valence-electron chi connectivity index (χ3n) is 2.48. The van der Waals surface area contributed by atoms with E-state index in [1.807, 2.05) is 18.2 Å². The summed E-state index contributed by atoms with van der Waals surface area (Å²) < 4.78 is 0. The van der Waals surface area contributed by atoms with E-state index >= 15 is 0 Å². The lowest BCUT2D eigenvalue weighted by molar-refractivity contribution is 0.869. The van der Waals surface area contributed by atoms with Crippen molar-refractivity contribution >= 4 is 23.1 Å². The number of nitrogens with one attached hydrogen (secondary N) is 1. The predicted molar refractivity (Wildman–Crippen MR) is 70.9 cm³/mol. The molecule has 0 amide bonds. The molecule has 0 aliphatic heterocycles. The highest BCUT2D eigenvalue weighted by Gasteiger charge is 2.06. The third-order valence-corrected chi connectivity index (χ3v) is 2.69. The Hall–Kier alpha value is -1.61. The molecular formula is C13H14ClN3. The summed E-state index contributed by atoms with van der Waals surface area (Å²) in [5, 5.41) is 3.69. The van der Waals surface area contributed by atoms with Gasteiger partial charge in [-0.1, -0.05) is 43.6 Å². The van der Waals surface area contributed by atoms with E-state index < -0.39 is 0 Å². The molecule has 0 bridgehead atoms. The minimum Gasteiger partial charge on any atom is -0.340 e. The topological polar surface area (TPSA) is 37.8 Å². The number of anilines is 2. The van der Waals surface area contributed by atoms with E-state index in [1.165, 1.54) is 11.9 Å². The normalized spacial score (nSPS) is 10.6. The number of aromatic nitrogens is 2. The maximum atomic E-state index is 5.82. The van der Waals surface area contributed by atoms with Gasteiger partial charge in [0.2, 0.25) is 0 Å². The van der Waals surface area contributed by atoms with Crippen LogP contribution in [0.4, 0.5) is 11.5 Å². The van der Waals surface area contributed by atoms with Crippen LogP contribution in [0.15, 0.2) is 36.7 Å². The molecule has 0 unspecified atom stereocenters. The van der Waals surface area contributed by atoms with E-state index in [-0.39, 0.29) is 0 Å². The Bertz CT molecular complexity index is 512. The van der Waals surface area contributed by atoms with Crippen LogP contribution >= 0.6 is 11.6 Å². The molecule has 3 nitrogen and oxygen atoms in total. The second-order valence-corrected chi connectivity index (χ2v) is 4.48. The Morgan fingerprint density at radius 3 is 2.65 bits per heavy atom. The molecule has 0 fully saturated rings. The average molecular weight is 248 g/mol. The van der Waals surface area contributed by atoms with Gasteiger partial charge in [-0.25, -0.2) is 9.97 Å². The second-order valence-electron chi connectivity index (χ2n) is 4.09. The largest absolute Gasteiger partial charge is 0.340 e. The highest BCUT2D eigenvalue weighted by molar-refractivity contribution is 6.29. The zero-order chi connectivity index (χ0) is 12.3. The maximum absolute atomic E-state index is 5.82. The fraction of sp³-hybridized carbons (Fsp3) is 0.231. The van der Waals surface area contributed by atoms with Crippen LogP contribution in [0.3, 0.4) is 0 Å². The van der Waals surface area contributed by atoms with E-state index in [4.69, 9.17) is 11.6 Å². The van der Waals surface area contributed by atoms with Crippen LogP contribution in [0.25, 0.3) is 0 Å². The van der Waals surface area contributed by atoms with Crippen LogP contribution in [0, 0.1) is 0 Å². The molecule has 1 aromatic carbocycles. The van der Waals surface area contributed by atoms with Crippen molar-refractivity contribution in [3.63, 3.8) is 0 Å². The maximum Gasteiger partial charge on any atom is 0.135 e. The summed E-state index contributed by atoms with van der Waals surface area (Å²) in [6.07, 6.45) is 1.45. The van der Waals surface area contributed by atoms with E-state index in [0.717, 1.165) is 5.69 Å². The van der Waals surface area contributed by atoms with Gasteiger partial charge < -0.3 is 5.32 Å². The zero-order valence-electron chi connectivity index (χ0n) is 9.81. The van der Waals surface area contributed by atoms with E-state index in [2.05, 4.69) is 35.2 Å². The zero-order valence-corrected chi connectivity index (χ0v) is 10.6. The summed E-state index contributed by atoms with van der Waals surface area (Å²) in [6.45, 7) is 4.32. The second kappa shape index (κ2) is 5.15. The summed E-state index contributed by atoms with van der Waals surface area (Å²) in [4.78, 5) is 7.98. The van der Waals surface area contributed by atoms with Crippen LogP contribution in [-0.4, -0.2) is 9.97 Å². The predicted octanol–water partition coefficient (Wildman–Crippen LogP) is 4.00. The molecule has 0 atom stereocenters. The molecule has 0 spiro atoms. The highest BCUT2D eigenvalue weighted by atomic mass is 35.5. The first-order valence-electron chi connectivity index (χ1n) is 5.50. The molecule has 2 aromatic rings. The van der Waals surface area contributed by atoms with Crippen molar-refractivity contribution < 1.29 is 0 Å². The van der Waals surface area contributed by atoms with Gasteiger partial charge >= 0.3 is 0 Å². The van der Waals surface area contributed by atoms with Gasteiger partial charge in [-0.3, -0.25) is 0 Å². The van der Waals surface area contributed by atoms with Crippen LogP contribution in [0.2, 0.25) is 5.15 Å². The molecule has 0 aliphatic rings. The van der Waals surface area contributed by atoms with Gasteiger partial charge in [0.1, 0.15) is 17.3 Å². The van der Waals surface area contributed by atoms with Gasteiger partial charge in [-0.2, -0.15) is 0 Å². The highest BCUT2D eigenvalue weighted by Crippen LogP contribution is 2.26. The van der Waals surface area contributed by atoms with Crippen molar-refractivity contribution in [2.75, 3.05) is 5.32 Å². The Kier molecular flexibility index (Phi) is 3.59. The average Bonchev–Trinajstić information content (AvgIpc) is 2.29. The smallest absolute Gasteiger partial charge is 0.135 e. The Morgan fingerprint density at radius 1 is 1.18 bits per heavy atom. The third kappa shape index (κ3) is 2.94. The van der Waals surface area contributed by atoms with Crippen LogP contribution in [0.1, 0.15) is 25.3 Å². The molecule has 0 saturated heterocycles. The van der Waals surface area contributed by atoms with E-state index in [9.17, 15) is 0 Å². The summed E-state index contributed by atoms with van der Waals surface area (Å²) in [5.41, 5.74) is 2.31. The van der Waals surface area contributed by atoms with Gasteiger partial charge in [0, 0.05) is 11.8 Å². The SMILES string of the molecule is CC(C)c1ccccc1Nc1cc(Cl)ncn1. The first kappa shape index (κ1) is 11.9. The van der Waals surface area contributed by atoms with Crippen molar-refractivity contribution in [2.24, 2.45) is 0 Å². The van der Waals surface area contributed by atoms with Crippen molar-refractivity contribution in [2.45, 2.75) is 19.8 Å². The number of hydrogen-bond donors (Lipinski definition) is 1. The van der Waals surface area contributed by atoms with Crippen molar-refractivity contribution in [3.8, 4) is 0 Å². The summed E-state index contributed by atoms with van der Waals surface area (Å²) in [7, 11) is 0. The Balaban J connectivity index is 2.30. The Morgan fingerprint density at radius 2 is 1.94 bits per heavy atom. The molecule has 1 heterocycles. The van der Waals surface area contributed by atoms with E-state index in [0.29, 0.717) is 16.9 Å². The number of nitrogens with zero attached hydrogens (tertiary/aromatic N) is 2. The first-order chi connectivity index (χ1) is 8.16. The fourth-order valence-electron chi connectivity index (χ4n) is 1.65. The van der Waals surface area contributed by atoms with Crippen molar-refractivity contribution in [3.05, 3.63) is 47.4 Å². The summed E-state index contributed by atoms with van der Waals surface area (Å²) in [6, 6.07) is 9.88. The lowest BCUT2D eigenvalue weighted by Gasteiger charge is -2.13. The quantitative estimate of drug-likeness (QED) is 0.834. The monoisotopic (exact) mass is 247 g/mol. The van der Waals surface area contributed by atoms with Crippen molar-refractivity contribution in [1.29, 1.82) is 0 Å². The lowest BCUT2D eigenvalue weighted by atomic mass is 10.0. The number of benzene rings is 1. The van der Waals surface area contributed by atoms with Gasteiger partial charge in [-0.15, -0.1) is 0 Å². The van der Waals surface area contributed by atoms with Crippen LogP contribution in [-0.2, 0) is 0 Å². The first-order valence-corrected chi connectivity index (χ1v) is 5.88. The molecule has 2 rings (SSSR count). The molecule has 88 valence electrons. The van der Waals surface area contributed by atoms with Crippen LogP contribution in [0.5, 0.6) is 0 Å². The van der Waals surface area contributed by atoms with Crippen LogP contribution < -0.4 is 5.32 Å². The molecule has 1 N–H and O–H groups in total. The Labute approximate surface area is 106 Å². The van der Waals surface area contributed by atoms with Crippen molar-refractivity contribution in [1.82, 2.24) is 9.97 Å². The number of para-hydroxylation sites is 1. The minimum absolute atomic E-state index is 0.435. The molecule has 17 heavy (non-hydrogen) atoms. The minimum atomic E-state index is 0.435. The van der Waals surface area contributed by atoms with E-state index in [1.54, 1.807) is 6.07 Å². The van der Waals surface area contributed by atoms with Gasteiger partial charge in [0.05, 0.1) is 0 Å². The molecule has 4 heteroatoms. The van der Waals surface area contributed by atoms with Gasteiger partial charge in [-0.05, 0) is 17.5 Å². The van der Waals surface area contributed by atoms with Gasteiger partial charge in [0.15, 0.2) is 0 Å². The fourth-order valence-corrected chi connectivity index (χ4v) is 1.80. The molecular weight excluding hydrogens is 234 g/mol. The summed E-state index contributed by atoms with van der Waals surface area (Å²) >= 11 is 5.82. The standard InChI is InChI=1S/C13H14ClN3/c1-9(2)10-5-3-4-6-11(10)17-13-7-12(14)15-8-16-13/h3-9H,1-2H3,(H,15,16,17). The molecule has 0 saturated carbocycles. The lowest BCUT2D eigenvalue weighted by Crippen LogP contribution is -1.99. The molecule has 1 aromatic heterocycles. The number of hydrogen-bond acceptors (Lipinski definition) is 3. The molecule has 0 aliphatic carbocycles. The summed E-state index contributed by atoms with van der Waals surface area (Å²) in [5.74, 6) is 1.16. The number of halogens is 1. The van der Waals surface area contributed by atoms with Gasteiger partial charge in [0.25, 0.3) is 0 Å².